The molecule has 3 aliphatic rings. The second kappa shape index (κ2) is 22.0. The van der Waals surface area contributed by atoms with Gasteiger partial charge in [0, 0.05) is 46.8 Å². The Bertz CT molecular complexity index is 1420. The van der Waals surface area contributed by atoms with Crippen LogP contribution in [0.3, 0.4) is 0 Å². The average Bonchev–Trinajstić information content (AvgIpc) is 3.13. The summed E-state index contributed by atoms with van der Waals surface area (Å²) in [5, 5.41) is 2.89. The molecule has 1 aromatic rings. The van der Waals surface area contributed by atoms with Crippen molar-refractivity contribution in [3.63, 3.8) is 0 Å². The van der Waals surface area contributed by atoms with Gasteiger partial charge in [-0.3, -0.25) is 24.0 Å². The van der Waals surface area contributed by atoms with Crippen molar-refractivity contribution in [1.82, 2.24) is 5.32 Å². The third kappa shape index (κ3) is 13.4. The molecule has 0 saturated carbocycles. The Hall–Kier alpha value is -3.93. The topological polar surface area (TPSA) is 190 Å². The summed E-state index contributed by atoms with van der Waals surface area (Å²) in [4.78, 5) is 62.0. The van der Waals surface area contributed by atoms with Crippen molar-refractivity contribution in [3.05, 3.63) is 48.6 Å². The van der Waals surface area contributed by atoms with Crippen LogP contribution in [0, 0.1) is 0 Å². The number of benzene rings is 1. The third-order valence-electron chi connectivity index (χ3n) is 9.10. The van der Waals surface area contributed by atoms with Crippen molar-refractivity contribution in [1.29, 1.82) is 0 Å². The van der Waals surface area contributed by atoms with Gasteiger partial charge in [0.15, 0.2) is 37.2 Å². The first-order valence-electron chi connectivity index (χ1n) is 18.8. The van der Waals surface area contributed by atoms with Crippen LogP contribution in [0.5, 0.6) is 0 Å². The summed E-state index contributed by atoms with van der Waals surface area (Å²) in [5.41, 5.74) is 0.714. The van der Waals surface area contributed by atoms with Crippen LogP contribution < -0.4 is 5.32 Å². The lowest BCUT2D eigenvalue weighted by Crippen LogP contribution is -2.70. The Labute approximate surface area is 321 Å². The van der Waals surface area contributed by atoms with Crippen LogP contribution in [0.4, 0.5) is 0 Å². The van der Waals surface area contributed by atoms with Crippen molar-refractivity contribution in [2.45, 2.75) is 147 Å². The Morgan fingerprint density at radius 2 is 1.38 bits per heavy atom. The molecule has 0 bridgehead atoms. The number of esters is 4. The SMILES string of the molecule is C=CCCCCCCCCO[C@@H]1O[C@@H]2COC(c3ccccc3)O[C@@H]2[C@H](O[C@@H]2O[C@H](COC(C)=O)[C@H](OC(C)=O)[C@H](OC(C)=O)[C@H]2OC(C)=O)[C@H]1NC(C)=O. The van der Waals surface area contributed by atoms with Crippen LogP contribution >= 0.6 is 0 Å². The predicted molar refractivity (Wildman–Crippen MR) is 192 cm³/mol. The van der Waals surface area contributed by atoms with Crippen LogP contribution in [0.25, 0.3) is 0 Å². The highest BCUT2D eigenvalue weighted by molar-refractivity contribution is 5.73. The van der Waals surface area contributed by atoms with Gasteiger partial charge >= 0.3 is 23.9 Å². The largest absolute Gasteiger partial charge is 0.463 e. The number of amides is 1. The standard InChI is InChI=1S/C39H55NO15/c1-7-8-9-10-11-12-13-17-20-46-38-31(40-23(2)41)34(32-30(52-38)22-48-37(54-32)28-18-15-14-16-19-28)55-39-36(51-27(6)45)35(50-26(5)44)33(49-25(4)43)29(53-39)21-47-24(3)42/h7,14-16,18-19,29-39H,1,8-13,17,20-22H2,2-6H3,(H,40,41)/t29-,30-,31-,32+,33+,34-,35+,36-,37?,38-,39+/m1/s1. The summed E-state index contributed by atoms with van der Waals surface area (Å²) in [6.45, 7) is 9.59. The molecule has 3 aliphatic heterocycles. The molecule has 55 heavy (non-hydrogen) atoms. The molecular weight excluding hydrogens is 722 g/mol. The van der Waals surface area contributed by atoms with Gasteiger partial charge in [-0.15, -0.1) is 6.58 Å². The molecule has 11 atom stereocenters. The van der Waals surface area contributed by atoms with Crippen molar-refractivity contribution in [2.24, 2.45) is 0 Å². The fourth-order valence-electron chi connectivity index (χ4n) is 6.79. The minimum Gasteiger partial charge on any atom is -0.463 e. The number of unbranched alkanes of at least 4 members (excludes halogenated alkanes) is 6. The summed E-state index contributed by atoms with van der Waals surface area (Å²) >= 11 is 0. The molecule has 306 valence electrons. The highest BCUT2D eigenvalue weighted by Crippen LogP contribution is 2.38. The lowest BCUT2D eigenvalue weighted by Gasteiger charge is -2.51. The molecule has 3 fully saturated rings. The molecule has 0 radical (unpaired) electrons. The van der Waals surface area contributed by atoms with Crippen molar-refractivity contribution in [3.8, 4) is 0 Å². The molecule has 0 spiro atoms. The zero-order valence-corrected chi connectivity index (χ0v) is 32.2. The first kappa shape index (κ1) is 43.8. The van der Waals surface area contributed by atoms with E-state index in [1.54, 1.807) is 0 Å². The number of carbonyl (C=O) groups is 5. The van der Waals surface area contributed by atoms with Crippen molar-refractivity contribution >= 4 is 29.8 Å². The minimum absolute atomic E-state index is 0.0556. The van der Waals surface area contributed by atoms with Crippen molar-refractivity contribution in [2.75, 3.05) is 19.8 Å². The molecule has 1 aromatic carbocycles. The van der Waals surface area contributed by atoms with Gasteiger partial charge in [0.1, 0.15) is 37.1 Å². The van der Waals surface area contributed by atoms with Crippen LogP contribution in [-0.2, 0) is 71.3 Å². The van der Waals surface area contributed by atoms with Gasteiger partial charge in [0.2, 0.25) is 5.91 Å². The molecule has 0 aliphatic carbocycles. The number of hydrogen-bond acceptors (Lipinski definition) is 15. The summed E-state index contributed by atoms with van der Waals surface area (Å²) in [5.74, 6) is -3.45. The van der Waals surface area contributed by atoms with Gasteiger partial charge in [-0.2, -0.15) is 0 Å². The molecule has 4 rings (SSSR count). The van der Waals surface area contributed by atoms with E-state index < -0.39 is 104 Å². The number of carbonyl (C=O) groups excluding carboxylic acids is 5. The number of ether oxygens (including phenoxy) is 10. The Morgan fingerprint density at radius 1 is 0.745 bits per heavy atom. The van der Waals surface area contributed by atoms with E-state index in [0.717, 1.165) is 65.7 Å². The van der Waals surface area contributed by atoms with Crippen LogP contribution in [0.2, 0.25) is 0 Å². The first-order valence-corrected chi connectivity index (χ1v) is 18.8. The Morgan fingerprint density at radius 3 is 2.02 bits per heavy atom. The minimum atomic E-state index is -1.57. The summed E-state index contributed by atoms with van der Waals surface area (Å²) in [6.07, 6.45) is -3.03. The highest BCUT2D eigenvalue weighted by atomic mass is 16.8. The molecule has 16 nitrogen and oxygen atoms in total. The molecule has 0 aromatic heterocycles. The van der Waals surface area contributed by atoms with E-state index in [2.05, 4.69) is 11.9 Å². The number of nitrogens with one attached hydrogen (secondary N) is 1. The summed E-state index contributed by atoms with van der Waals surface area (Å²) < 4.78 is 60.3. The molecule has 1 N–H and O–H groups in total. The van der Waals surface area contributed by atoms with E-state index in [1.165, 1.54) is 13.8 Å². The molecular formula is C39H55NO15. The number of rotatable bonds is 19. The molecule has 1 unspecified atom stereocenters. The maximum Gasteiger partial charge on any atom is 0.303 e. The van der Waals surface area contributed by atoms with Gasteiger partial charge < -0.3 is 52.7 Å². The fraction of sp³-hybridized carbons (Fsp3) is 0.667. The van der Waals surface area contributed by atoms with Gasteiger partial charge in [0.25, 0.3) is 0 Å². The predicted octanol–water partition coefficient (Wildman–Crippen LogP) is 3.73. The maximum absolute atomic E-state index is 12.8. The summed E-state index contributed by atoms with van der Waals surface area (Å²) in [7, 11) is 0. The normalized spacial score (nSPS) is 30.2. The van der Waals surface area contributed by atoms with Crippen LogP contribution in [-0.4, -0.2) is 111 Å². The fourth-order valence-corrected chi connectivity index (χ4v) is 6.79. The van der Waals surface area contributed by atoms with Crippen molar-refractivity contribution < 1.29 is 71.3 Å². The monoisotopic (exact) mass is 777 g/mol. The number of allylic oxidation sites excluding steroid dienone is 1. The van der Waals surface area contributed by atoms with E-state index in [1.807, 2.05) is 36.4 Å². The smallest absolute Gasteiger partial charge is 0.303 e. The third-order valence-corrected chi connectivity index (χ3v) is 9.10. The van der Waals surface area contributed by atoms with Gasteiger partial charge in [0.05, 0.1) is 6.61 Å². The number of fused-ring (bicyclic) bond motifs is 1. The van der Waals surface area contributed by atoms with E-state index in [-0.39, 0.29) is 6.61 Å². The summed E-state index contributed by atoms with van der Waals surface area (Å²) in [6, 6.07) is 8.18. The number of hydrogen-bond donors (Lipinski definition) is 1. The van der Waals surface area contributed by atoms with E-state index in [9.17, 15) is 24.0 Å². The zero-order chi connectivity index (χ0) is 39.9. The quantitative estimate of drug-likeness (QED) is 0.0925. The highest BCUT2D eigenvalue weighted by Gasteiger charge is 2.57. The lowest BCUT2D eigenvalue weighted by atomic mass is 9.94. The lowest BCUT2D eigenvalue weighted by molar-refractivity contribution is -0.378. The zero-order valence-electron chi connectivity index (χ0n) is 32.2. The van der Waals surface area contributed by atoms with Gasteiger partial charge in [-0.1, -0.05) is 62.1 Å². The molecule has 1 amide bonds. The molecule has 3 saturated heterocycles. The maximum atomic E-state index is 12.8. The van der Waals surface area contributed by atoms with Gasteiger partial charge in [-0.05, 0) is 19.3 Å². The second-order valence-corrected chi connectivity index (χ2v) is 13.7. The molecule has 16 heteroatoms. The Kier molecular flexibility index (Phi) is 17.5. The second-order valence-electron chi connectivity index (χ2n) is 13.7. The van der Waals surface area contributed by atoms with E-state index in [0.29, 0.717) is 12.2 Å². The van der Waals surface area contributed by atoms with E-state index >= 15 is 0 Å². The first-order chi connectivity index (χ1) is 26.4. The van der Waals surface area contributed by atoms with Gasteiger partial charge in [-0.25, -0.2) is 0 Å². The average molecular weight is 778 g/mol. The van der Waals surface area contributed by atoms with Crippen LogP contribution in [0.15, 0.2) is 43.0 Å². The Balaban J connectivity index is 1.68. The van der Waals surface area contributed by atoms with E-state index in [4.69, 9.17) is 47.4 Å². The van der Waals surface area contributed by atoms with Crippen LogP contribution in [0.1, 0.15) is 91.4 Å². The molecule has 3 heterocycles.